The Morgan fingerprint density at radius 2 is 1.47 bits per heavy atom. The topological polar surface area (TPSA) is 18.5 Å². The second-order valence-electron chi connectivity index (χ2n) is 8.16. The summed E-state index contributed by atoms with van der Waals surface area (Å²) in [7, 11) is 0.187. The van der Waals surface area contributed by atoms with Crippen LogP contribution in [-0.4, -0.2) is 15.4 Å². The van der Waals surface area contributed by atoms with E-state index < -0.39 is 8.32 Å². The summed E-state index contributed by atoms with van der Waals surface area (Å²) in [6, 6.07) is 0. The monoisotopic (exact) mass is 280 g/mol. The molecule has 0 heterocycles. The molecule has 108 valence electrons. The van der Waals surface area contributed by atoms with Gasteiger partial charge in [0.15, 0.2) is 0 Å². The molecule has 4 aliphatic carbocycles. The number of methoxy groups -OCH3 is 1. The third-order valence-corrected chi connectivity index (χ3v) is 5.93. The van der Waals surface area contributed by atoms with Crippen molar-refractivity contribution in [1.82, 2.24) is 0 Å². The van der Waals surface area contributed by atoms with Gasteiger partial charge in [0.1, 0.15) is 0 Å². The van der Waals surface area contributed by atoms with E-state index in [9.17, 15) is 0 Å². The highest BCUT2D eigenvalue weighted by Gasteiger charge is 2.50. The zero-order valence-electron chi connectivity index (χ0n) is 12.9. The van der Waals surface area contributed by atoms with Crippen molar-refractivity contribution in [1.29, 1.82) is 0 Å². The minimum atomic E-state index is -1.57. The zero-order valence-corrected chi connectivity index (χ0v) is 13.9. The molecule has 0 unspecified atom stereocenters. The number of rotatable bonds is 4. The Bertz CT molecular complexity index is 345. The lowest BCUT2D eigenvalue weighted by Gasteiger charge is -2.55. The lowest BCUT2D eigenvalue weighted by Crippen LogP contribution is -2.45. The molecule has 4 fully saturated rings. The first-order chi connectivity index (χ1) is 8.87. The van der Waals surface area contributed by atoms with E-state index in [1.54, 1.807) is 7.11 Å². The van der Waals surface area contributed by atoms with E-state index in [1.807, 2.05) is 0 Å². The van der Waals surface area contributed by atoms with Gasteiger partial charge in [-0.1, -0.05) is 0 Å². The van der Waals surface area contributed by atoms with Crippen molar-refractivity contribution in [3.05, 3.63) is 12.0 Å². The summed E-state index contributed by atoms with van der Waals surface area (Å²) in [4.78, 5) is 0. The molecule has 19 heavy (non-hydrogen) atoms. The summed E-state index contributed by atoms with van der Waals surface area (Å²) >= 11 is 0. The lowest BCUT2D eigenvalue weighted by molar-refractivity contribution is -0.0284. The summed E-state index contributed by atoms with van der Waals surface area (Å²) in [6.45, 7) is 6.67. The maximum Gasteiger partial charge on any atom is 0.261 e. The quantitative estimate of drug-likeness (QED) is 0.556. The fraction of sp³-hybridized carbons (Fsp3) is 0.875. The van der Waals surface area contributed by atoms with E-state index in [-0.39, 0.29) is 0 Å². The van der Waals surface area contributed by atoms with Crippen LogP contribution in [0.5, 0.6) is 0 Å². The zero-order chi connectivity index (χ0) is 13.7. The average Bonchev–Trinajstić information content (AvgIpc) is 2.23. The minimum absolute atomic E-state index is 0.403. The van der Waals surface area contributed by atoms with Gasteiger partial charge >= 0.3 is 0 Å². The predicted octanol–water partition coefficient (Wildman–Crippen LogP) is 4.54. The second kappa shape index (κ2) is 4.54. The first kappa shape index (κ1) is 13.5. The van der Waals surface area contributed by atoms with Crippen LogP contribution in [-0.2, 0) is 9.16 Å². The van der Waals surface area contributed by atoms with Crippen LogP contribution in [0.15, 0.2) is 12.0 Å². The van der Waals surface area contributed by atoms with Crippen molar-refractivity contribution >= 4 is 8.32 Å². The molecule has 0 aromatic heterocycles. The predicted molar refractivity (Wildman–Crippen MR) is 80.1 cm³/mol. The van der Waals surface area contributed by atoms with Crippen LogP contribution < -0.4 is 0 Å². The van der Waals surface area contributed by atoms with Gasteiger partial charge in [0.05, 0.1) is 7.11 Å². The molecule has 4 bridgehead atoms. The summed E-state index contributed by atoms with van der Waals surface area (Å²) in [6.07, 6.45) is 11.0. The van der Waals surface area contributed by atoms with Crippen molar-refractivity contribution in [2.75, 3.05) is 7.11 Å². The molecule has 0 radical (unpaired) electrons. The van der Waals surface area contributed by atoms with E-state index in [4.69, 9.17) is 9.16 Å². The molecule has 0 aliphatic heterocycles. The molecule has 2 nitrogen and oxygen atoms in total. The second-order valence-corrected chi connectivity index (χ2v) is 12.6. The molecule has 4 saturated carbocycles. The van der Waals surface area contributed by atoms with Crippen molar-refractivity contribution in [3.63, 3.8) is 0 Å². The molecule has 0 N–H and O–H groups in total. The Labute approximate surface area is 118 Å². The van der Waals surface area contributed by atoms with Crippen LogP contribution in [0, 0.1) is 23.2 Å². The van der Waals surface area contributed by atoms with Crippen LogP contribution in [0.2, 0.25) is 19.6 Å². The van der Waals surface area contributed by atoms with Gasteiger partial charge in [-0.2, -0.15) is 0 Å². The molecule has 0 aromatic rings. The molecule has 4 rings (SSSR count). The van der Waals surface area contributed by atoms with E-state index in [0.717, 1.165) is 23.7 Å². The SMILES string of the molecule is CO/C(=C\C12CC3CC(CC(C3)C1)C2)O[Si](C)(C)C. The maximum atomic E-state index is 6.10. The van der Waals surface area contributed by atoms with E-state index in [0.29, 0.717) is 5.41 Å². The molecule has 0 saturated heterocycles. The van der Waals surface area contributed by atoms with Gasteiger partial charge in [-0.3, -0.25) is 0 Å². The highest BCUT2D eigenvalue weighted by atomic mass is 28.4. The molecule has 0 aromatic carbocycles. The van der Waals surface area contributed by atoms with Crippen molar-refractivity contribution in [2.24, 2.45) is 23.2 Å². The fourth-order valence-corrected chi connectivity index (χ4v) is 5.78. The van der Waals surface area contributed by atoms with Crippen molar-refractivity contribution < 1.29 is 9.16 Å². The summed E-state index contributed by atoms with van der Waals surface area (Å²) in [5, 5.41) is 0. The van der Waals surface area contributed by atoms with Gasteiger partial charge in [0.2, 0.25) is 8.32 Å². The third-order valence-electron chi connectivity index (χ3n) is 5.12. The van der Waals surface area contributed by atoms with Gasteiger partial charge in [0, 0.05) is 6.08 Å². The van der Waals surface area contributed by atoms with Gasteiger partial charge in [-0.15, -0.1) is 0 Å². The number of hydrogen-bond donors (Lipinski definition) is 0. The maximum absolute atomic E-state index is 6.10. The van der Waals surface area contributed by atoms with Gasteiger partial charge in [0.25, 0.3) is 5.95 Å². The number of ether oxygens (including phenoxy) is 1. The van der Waals surface area contributed by atoms with Crippen molar-refractivity contribution in [3.8, 4) is 0 Å². The van der Waals surface area contributed by atoms with E-state index >= 15 is 0 Å². The number of hydrogen-bond acceptors (Lipinski definition) is 2. The van der Waals surface area contributed by atoms with Gasteiger partial charge < -0.3 is 9.16 Å². The van der Waals surface area contributed by atoms with Crippen LogP contribution in [0.3, 0.4) is 0 Å². The normalized spacial score (nSPS) is 41.5. The minimum Gasteiger partial charge on any atom is -0.520 e. The first-order valence-corrected chi connectivity index (χ1v) is 11.2. The Kier molecular flexibility index (Phi) is 3.23. The van der Waals surface area contributed by atoms with Crippen LogP contribution in [0.4, 0.5) is 0 Å². The highest BCUT2D eigenvalue weighted by Crippen LogP contribution is 2.60. The Morgan fingerprint density at radius 3 is 1.84 bits per heavy atom. The molecule has 3 heteroatoms. The molecule has 0 atom stereocenters. The number of allylic oxidation sites excluding steroid dienone is 1. The van der Waals surface area contributed by atoms with Gasteiger partial charge in [-0.25, -0.2) is 0 Å². The molecular formula is C16H28O2Si. The molecule has 0 spiro atoms. The molecule has 4 aliphatic rings. The Balaban J connectivity index is 1.80. The Hall–Kier alpha value is -0.443. The molecule has 0 amide bonds. The van der Waals surface area contributed by atoms with E-state index in [2.05, 4.69) is 25.7 Å². The molecular weight excluding hydrogens is 252 g/mol. The summed E-state index contributed by atoms with van der Waals surface area (Å²) in [5.74, 6) is 3.74. The van der Waals surface area contributed by atoms with Gasteiger partial charge in [-0.05, 0) is 81.3 Å². The average molecular weight is 280 g/mol. The largest absolute Gasteiger partial charge is 0.520 e. The van der Waals surface area contributed by atoms with Crippen molar-refractivity contribution in [2.45, 2.75) is 58.2 Å². The standard InChI is InChI=1S/C16H28O2Si/c1-17-15(18-19(2,3)4)11-16-8-12-5-13(9-16)7-14(6-12)10-16/h11-14H,5-10H2,1-4H3/b15-11+. The smallest absolute Gasteiger partial charge is 0.261 e. The summed E-state index contributed by atoms with van der Waals surface area (Å²) in [5.41, 5.74) is 0.403. The Morgan fingerprint density at radius 1 is 1.00 bits per heavy atom. The lowest BCUT2D eigenvalue weighted by atomic mass is 9.49. The van der Waals surface area contributed by atoms with E-state index in [1.165, 1.54) is 38.5 Å². The summed E-state index contributed by atoms with van der Waals surface area (Å²) < 4.78 is 11.6. The fourth-order valence-electron chi connectivity index (χ4n) is 5.04. The highest BCUT2D eigenvalue weighted by molar-refractivity contribution is 6.69. The first-order valence-electron chi connectivity index (χ1n) is 7.83. The van der Waals surface area contributed by atoms with Crippen LogP contribution >= 0.6 is 0 Å². The van der Waals surface area contributed by atoms with Crippen LogP contribution in [0.25, 0.3) is 0 Å². The van der Waals surface area contributed by atoms with Crippen LogP contribution in [0.1, 0.15) is 38.5 Å². The third kappa shape index (κ3) is 2.86.